The lowest BCUT2D eigenvalue weighted by Crippen LogP contribution is -2.44. The van der Waals surface area contributed by atoms with Crippen molar-refractivity contribution in [1.82, 2.24) is 10.2 Å². The molecule has 0 radical (unpaired) electrons. The van der Waals surface area contributed by atoms with E-state index in [1.54, 1.807) is 12.1 Å². The van der Waals surface area contributed by atoms with Crippen LogP contribution in [0.3, 0.4) is 0 Å². The Morgan fingerprint density at radius 2 is 1.82 bits per heavy atom. The number of morpholine rings is 1. The van der Waals surface area contributed by atoms with Gasteiger partial charge in [-0.1, -0.05) is 23.7 Å². The summed E-state index contributed by atoms with van der Waals surface area (Å²) in [6.07, 6.45) is 0. The maximum absolute atomic E-state index is 13.3. The minimum absolute atomic E-state index is 0.0128. The van der Waals surface area contributed by atoms with Crippen molar-refractivity contribution in [3.05, 3.63) is 64.9 Å². The number of rotatable bonds is 7. The van der Waals surface area contributed by atoms with Gasteiger partial charge in [-0.3, -0.25) is 9.69 Å². The summed E-state index contributed by atoms with van der Waals surface area (Å²) in [5, 5.41) is 3.50. The number of hydrogen-bond acceptors (Lipinski definition) is 4. The summed E-state index contributed by atoms with van der Waals surface area (Å²) in [5.41, 5.74) is 0.988. The van der Waals surface area contributed by atoms with E-state index in [1.807, 2.05) is 31.2 Å². The molecule has 2 atom stereocenters. The summed E-state index contributed by atoms with van der Waals surface area (Å²) >= 11 is 7.40. The molecule has 3 rings (SSSR count). The number of amides is 1. The molecule has 1 saturated heterocycles. The van der Waals surface area contributed by atoms with Crippen LogP contribution in [0.2, 0.25) is 5.02 Å². The molecule has 4 nitrogen and oxygen atoms in total. The summed E-state index contributed by atoms with van der Waals surface area (Å²) in [6.45, 7) is 5.25. The number of benzene rings is 2. The third kappa shape index (κ3) is 5.95. The monoisotopic (exact) mass is 422 g/mol. The van der Waals surface area contributed by atoms with E-state index in [2.05, 4.69) is 10.2 Å². The smallest absolute Gasteiger partial charge is 0.233 e. The lowest BCUT2D eigenvalue weighted by Gasteiger charge is -2.35. The summed E-state index contributed by atoms with van der Waals surface area (Å²) < 4.78 is 18.8. The maximum atomic E-state index is 13.3. The zero-order valence-electron chi connectivity index (χ0n) is 15.7. The molecule has 1 amide bonds. The standard InChI is InChI=1S/C21H24ClFN2O2S/c1-15(28-19-8-4-17(22)5-9-19)21(26)24-14-20(25-10-12-27-13-11-25)16-2-6-18(23)7-3-16/h2-9,15,20H,10-14H2,1H3,(H,24,26)/t15-,20+/m1/s1. The Kier molecular flexibility index (Phi) is 7.73. The first-order valence-corrected chi connectivity index (χ1v) is 10.6. The first-order chi connectivity index (χ1) is 13.5. The van der Waals surface area contributed by atoms with Crippen LogP contribution in [0.1, 0.15) is 18.5 Å². The van der Waals surface area contributed by atoms with E-state index in [9.17, 15) is 9.18 Å². The van der Waals surface area contributed by atoms with E-state index in [4.69, 9.17) is 16.3 Å². The van der Waals surface area contributed by atoms with Crippen molar-refractivity contribution in [1.29, 1.82) is 0 Å². The van der Waals surface area contributed by atoms with Crippen LogP contribution in [0.25, 0.3) is 0 Å². The van der Waals surface area contributed by atoms with Gasteiger partial charge < -0.3 is 10.1 Å². The van der Waals surface area contributed by atoms with Crippen molar-refractivity contribution < 1.29 is 13.9 Å². The van der Waals surface area contributed by atoms with Gasteiger partial charge in [0.25, 0.3) is 0 Å². The first-order valence-electron chi connectivity index (χ1n) is 9.30. The molecule has 0 unspecified atom stereocenters. The molecule has 1 N–H and O–H groups in total. The van der Waals surface area contributed by atoms with Crippen LogP contribution < -0.4 is 5.32 Å². The molecule has 1 aliphatic heterocycles. The van der Waals surface area contributed by atoms with Crippen molar-refractivity contribution in [3.8, 4) is 0 Å². The number of thioether (sulfide) groups is 1. The number of carbonyl (C=O) groups excluding carboxylic acids is 1. The fourth-order valence-electron chi connectivity index (χ4n) is 3.14. The minimum atomic E-state index is -0.263. The van der Waals surface area contributed by atoms with E-state index in [0.29, 0.717) is 24.8 Å². The molecule has 1 heterocycles. The summed E-state index contributed by atoms with van der Waals surface area (Å²) in [5.74, 6) is -0.290. The molecule has 7 heteroatoms. The molecule has 2 aromatic carbocycles. The highest BCUT2D eigenvalue weighted by atomic mass is 35.5. The maximum Gasteiger partial charge on any atom is 0.233 e. The molecule has 150 valence electrons. The highest BCUT2D eigenvalue weighted by Crippen LogP contribution is 2.26. The van der Waals surface area contributed by atoms with E-state index in [-0.39, 0.29) is 23.0 Å². The van der Waals surface area contributed by atoms with Gasteiger partial charge in [-0.05, 0) is 48.9 Å². The number of halogens is 2. The third-order valence-corrected chi connectivity index (χ3v) is 6.07. The van der Waals surface area contributed by atoms with Crippen LogP contribution >= 0.6 is 23.4 Å². The molecule has 0 saturated carbocycles. The molecule has 0 aliphatic carbocycles. The van der Waals surface area contributed by atoms with Crippen molar-refractivity contribution in [2.45, 2.75) is 23.1 Å². The lowest BCUT2D eigenvalue weighted by atomic mass is 10.0. The average molecular weight is 423 g/mol. The normalized spacial score (nSPS) is 17.1. The third-order valence-electron chi connectivity index (χ3n) is 4.71. The number of nitrogens with zero attached hydrogens (tertiary/aromatic N) is 1. The predicted molar refractivity (Wildman–Crippen MR) is 111 cm³/mol. The van der Waals surface area contributed by atoms with Crippen LogP contribution in [-0.2, 0) is 9.53 Å². The van der Waals surface area contributed by atoms with Gasteiger partial charge >= 0.3 is 0 Å². The fourth-order valence-corrected chi connectivity index (χ4v) is 4.16. The second-order valence-corrected chi connectivity index (χ2v) is 8.53. The summed E-state index contributed by atoms with van der Waals surface area (Å²) in [7, 11) is 0. The second-order valence-electron chi connectivity index (χ2n) is 6.67. The van der Waals surface area contributed by atoms with Gasteiger partial charge in [0.2, 0.25) is 5.91 Å². The molecule has 1 aliphatic rings. The highest BCUT2D eigenvalue weighted by molar-refractivity contribution is 8.00. The SMILES string of the molecule is C[C@@H](Sc1ccc(Cl)cc1)C(=O)NC[C@@H](c1ccc(F)cc1)N1CCOCC1. The minimum Gasteiger partial charge on any atom is -0.379 e. The molecule has 0 spiro atoms. The summed E-state index contributed by atoms with van der Waals surface area (Å²) in [4.78, 5) is 15.9. The fraction of sp³-hybridized carbons (Fsp3) is 0.381. The average Bonchev–Trinajstić information content (AvgIpc) is 2.71. The van der Waals surface area contributed by atoms with Crippen LogP contribution in [0.4, 0.5) is 4.39 Å². The van der Waals surface area contributed by atoms with Crippen LogP contribution in [0.5, 0.6) is 0 Å². The van der Waals surface area contributed by atoms with E-state index in [0.717, 1.165) is 23.5 Å². The second kappa shape index (κ2) is 10.3. The van der Waals surface area contributed by atoms with Crippen LogP contribution in [0.15, 0.2) is 53.4 Å². The van der Waals surface area contributed by atoms with Crippen molar-refractivity contribution in [2.24, 2.45) is 0 Å². The van der Waals surface area contributed by atoms with Crippen molar-refractivity contribution >= 4 is 29.3 Å². The van der Waals surface area contributed by atoms with Gasteiger partial charge in [0, 0.05) is 29.6 Å². The van der Waals surface area contributed by atoms with Crippen LogP contribution in [0, 0.1) is 5.82 Å². The Labute approximate surface area is 174 Å². The van der Waals surface area contributed by atoms with Gasteiger partial charge in [-0.25, -0.2) is 4.39 Å². The van der Waals surface area contributed by atoms with E-state index < -0.39 is 0 Å². The quantitative estimate of drug-likeness (QED) is 0.680. The molecule has 1 fully saturated rings. The number of ether oxygens (including phenoxy) is 1. The zero-order valence-corrected chi connectivity index (χ0v) is 17.3. The molecule has 0 aromatic heterocycles. The van der Waals surface area contributed by atoms with Gasteiger partial charge in [0.1, 0.15) is 5.82 Å². The molecular weight excluding hydrogens is 399 g/mol. The van der Waals surface area contributed by atoms with Gasteiger partial charge in [0.05, 0.1) is 24.5 Å². The Hall–Kier alpha value is -1.60. The van der Waals surface area contributed by atoms with Gasteiger partial charge in [0.15, 0.2) is 0 Å². The van der Waals surface area contributed by atoms with Gasteiger partial charge in [-0.2, -0.15) is 0 Å². The number of nitrogens with one attached hydrogen (secondary N) is 1. The largest absolute Gasteiger partial charge is 0.379 e. The highest BCUT2D eigenvalue weighted by Gasteiger charge is 2.24. The topological polar surface area (TPSA) is 41.6 Å². The molecule has 2 aromatic rings. The first kappa shape index (κ1) is 21.1. The Bertz CT molecular complexity index is 767. The van der Waals surface area contributed by atoms with E-state index in [1.165, 1.54) is 23.9 Å². The lowest BCUT2D eigenvalue weighted by molar-refractivity contribution is -0.120. The molecule has 28 heavy (non-hydrogen) atoms. The van der Waals surface area contributed by atoms with E-state index >= 15 is 0 Å². The Morgan fingerprint density at radius 3 is 2.46 bits per heavy atom. The zero-order chi connectivity index (χ0) is 19.9. The predicted octanol–water partition coefficient (Wildman–Crippen LogP) is 4.15. The molecular formula is C21H24ClFN2O2S. The molecule has 0 bridgehead atoms. The van der Waals surface area contributed by atoms with Crippen molar-refractivity contribution in [3.63, 3.8) is 0 Å². The number of carbonyl (C=O) groups is 1. The van der Waals surface area contributed by atoms with Crippen molar-refractivity contribution in [2.75, 3.05) is 32.8 Å². The Balaban J connectivity index is 1.62. The van der Waals surface area contributed by atoms with Crippen LogP contribution in [-0.4, -0.2) is 48.9 Å². The summed E-state index contributed by atoms with van der Waals surface area (Å²) in [6, 6.07) is 13.9. The number of hydrogen-bond donors (Lipinski definition) is 1. The van der Waals surface area contributed by atoms with Gasteiger partial charge in [-0.15, -0.1) is 11.8 Å². The Morgan fingerprint density at radius 1 is 1.18 bits per heavy atom.